The van der Waals surface area contributed by atoms with E-state index in [1.54, 1.807) is 19.3 Å². The molecule has 4 heterocycles. The van der Waals surface area contributed by atoms with Gasteiger partial charge in [-0.15, -0.1) is 0 Å². The lowest BCUT2D eigenvalue weighted by molar-refractivity contribution is -0.144. The molecule has 0 radical (unpaired) electrons. The zero-order chi connectivity index (χ0) is 23.5. The summed E-state index contributed by atoms with van der Waals surface area (Å²) in [5, 5.41) is 0. The number of piperazine rings is 1. The maximum absolute atomic E-state index is 13.3. The van der Waals surface area contributed by atoms with Crippen LogP contribution in [0.1, 0.15) is 0 Å². The number of ether oxygens (including phenoxy) is 1. The van der Waals surface area contributed by atoms with Crippen molar-refractivity contribution in [2.24, 2.45) is 7.05 Å². The van der Waals surface area contributed by atoms with Gasteiger partial charge in [0.05, 0.1) is 24.5 Å². The van der Waals surface area contributed by atoms with Crippen LogP contribution >= 0.6 is 0 Å². The van der Waals surface area contributed by atoms with Gasteiger partial charge in [-0.3, -0.25) is 14.2 Å². The summed E-state index contributed by atoms with van der Waals surface area (Å²) < 4.78 is 7.36. The Morgan fingerprint density at radius 2 is 1.79 bits per heavy atom. The van der Waals surface area contributed by atoms with E-state index in [1.165, 1.54) is 22.6 Å². The summed E-state index contributed by atoms with van der Waals surface area (Å²) in [5.74, 6) is 0.477. The second-order valence-electron chi connectivity index (χ2n) is 8.39. The Bertz CT molecular complexity index is 1190. The number of nitrogens with zero attached hydrogens (tertiary/aromatic N) is 7. The molecule has 1 aromatic carbocycles. The second-order valence-corrected chi connectivity index (χ2v) is 8.39. The van der Waals surface area contributed by atoms with E-state index in [2.05, 4.69) is 32.0 Å². The highest BCUT2D eigenvalue weighted by Gasteiger charge is 2.33. The topological polar surface area (TPSA) is 96.7 Å². The first-order valence-corrected chi connectivity index (χ1v) is 11.4. The summed E-state index contributed by atoms with van der Waals surface area (Å²) in [7, 11) is 1.68. The Balaban J connectivity index is 1.28. The molecule has 0 spiro atoms. The minimum Gasteiger partial charge on any atom is -0.368 e. The number of carbonyl (C=O) groups is 1. The van der Waals surface area contributed by atoms with Gasteiger partial charge in [-0.25, -0.2) is 15.0 Å². The number of carbonyl (C=O) groups excluding carboxylic acids is 1. The first-order valence-electron chi connectivity index (χ1n) is 11.4. The summed E-state index contributed by atoms with van der Waals surface area (Å²) >= 11 is 0. The number of hydrogen-bond donors (Lipinski definition) is 0. The molecule has 0 bridgehead atoms. The molecule has 5 rings (SSSR count). The number of para-hydroxylation sites is 1. The molecular formula is C24H27N7O3. The smallest absolute Gasteiger partial charge is 0.255 e. The molecule has 0 aliphatic carbocycles. The van der Waals surface area contributed by atoms with Crippen LogP contribution in [-0.4, -0.2) is 82.3 Å². The molecule has 0 saturated carbocycles. The van der Waals surface area contributed by atoms with Gasteiger partial charge in [-0.2, -0.15) is 0 Å². The number of morpholine rings is 1. The van der Waals surface area contributed by atoms with Crippen molar-refractivity contribution in [3.8, 4) is 11.4 Å². The zero-order valence-electron chi connectivity index (χ0n) is 19.1. The van der Waals surface area contributed by atoms with E-state index in [0.717, 1.165) is 13.1 Å². The first-order chi connectivity index (χ1) is 16.6. The lowest BCUT2D eigenvalue weighted by atomic mass is 10.2. The van der Waals surface area contributed by atoms with Crippen LogP contribution in [0.5, 0.6) is 0 Å². The number of rotatable bonds is 4. The van der Waals surface area contributed by atoms with E-state index < -0.39 is 6.10 Å². The molecular weight excluding hydrogens is 434 g/mol. The molecule has 2 aromatic heterocycles. The Kier molecular flexibility index (Phi) is 6.22. The van der Waals surface area contributed by atoms with E-state index in [1.807, 2.05) is 28.0 Å². The van der Waals surface area contributed by atoms with E-state index in [-0.39, 0.29) is 11.5 Å². The van der Waals surface area contributed by atoms with Crippen LogP contribution in [0.25, 0.3) is 11.4 Å². The van der Waals surface area contributed by atoms with E-state index in [0.29, 0.717) is 50.1 Å². The van der Waals surface area contributed by atoms with Gasteiger partial charge in [0.15, 0.2) is 6.10 Å². The molecule has 2 saturated heterocycles. The normalized spacial score (nSPS) is 18.7. The van der Waals surface area contributed by atoms with Crippen LogP contribution in [0.4, 0.5) is 11.6 Å². The van der Waals surface area contributed by atoms with Crippen LogP contribution in [0, 0.1) is 0 Å². The molecule has 1 unspecified atom stereocenters. The third-order valence-electron chi connectivity index (χ3n) is 6.29. The van der Waals surface area contributed by atoms with Crippen LogP contribution in [-0.2, 0) is 16.6 Å². The SMILES string of the molecule is Cn1c(N2CCOC(C(=O)N3CCN(c4ccccc4)CC3)C2)nc(-c2ccncn2)cc1=O. The maximum atomic E-state index is 13.3. The van der Waals surface area contributed by atoms with Crippen molar-refractivity contribution in [2.45, 2.75) is 6.10 Å². The largest absolute Gasteiger partial charge is 0.368 e. The van der Waals surface area contributed by atoms with Gasteiger partial charge < -0.3 is 19.4 Å². The summed E-state index contributed by atoms with van der Waals surface area (Å²) in [6, 6.07) is 13.4. The quantitative estimate of drug-likeness (QED) is 0.563. The van der Waals surface area contributed by atoms with Crippen molar-refractivity contribution in [1.82, 2.24) is 24.4 Å². The predicted octanol–water partition coefficient (Wildman–Crippen LogP) is 0.791. The van der Waals surface area contributed by atoms with Crippen LogP contribution in [0.2, 0.25) is 0 Å². The van der Waals surface area contributed by atoms with Crippen LogP contribution < -0.4 is 15.4 Å². The Morgan fingerprint density at radius 3 is 2.53 bits per heavy atom. The summed E-state index contributed by atoms with van der Waals surface area (Å²) in [6.07, 6.45) is 2.44. The number of benzene rings is 1. The molecule has 10 heteroatoms. The molecule has 3 aromatic rings. The highest BCUT2D eigenvalue weighted by molar-refractivity contribution is 5.82. The molecule has 1 amide bonds. The fraction of sp³-hybridized carbons (Fsp3) is 0.375. The standard InChI is InChI=1S/C24H27N7O3/c1-28-22(32)15-20(19-7-8-25-17-26-19)27-24(28)31-13-14-34-21(16-31)23(33)30-11-9-29(10-12-30)18-5-3-2-4-6-18/h2-8,15,17,21H,9-14,16H2,1H3. The molecule has 2 fully saturated rings. The summed E-state index contributed by atoms with van der Waals surface area (Å²) in [6.45, 7) is 4.12. The average Bonchev–Trinajstić information content (AvgIpc) is 2.91. The molecule has 2 aliphatic rings. The number of hydrogen-bond acceptors (Lipinski definition) is 8. The first kappa shape index (κ1) is 22.0. The third-order valence-corrected chi connectivity index (χ3v) is 6.29. The Hall–Kier alpha value is -3.79. The van der Waals surface area contributed by atoms with Crippen molar-refractivity contribution in [2.75, 3.05) is 55.7 Å². The van der Waals surface area contributed by atoms with E-state index >= 15 is 0 Å². The fourth-order valence-corrected chi connectivity index (χ4v) is 4.39. The van der Waals surface area contributed by atoms with Crippen molar-refractivity contribution >= 4 is 17.5 Å². The number of anilines is 2. The molecule has 1 atom stereocenters. The molecule has 10 nitrogen and oxygen atoms in total. The van der Waals surface area contributed by atoms with Crippen molar-refractivity contribution in [1.29, 1.82) is 0 Å². The zero-order valence-corrected chi connectivity index (χ0v) is 19.1. The minimum absolute atomic E-state index is 0.0191. The number of amides is 1. The summed E-state index contributed by atoms with van der Waals surface area (Å²) in [5.41, 5.74) is 2.04. The van der Waals surface area contributed by atoms with Gasteiger partial charge >= 0.3 is 0 Å². The number of aromatic nitrogens is 4. The Labute approximate surface area is 197 Å². The fourth-order valence-electron chi connectivity index (χ4n) is 4.39. The van der Waals surface area contributed by atoms with Gasteiger partial charge in [-0.05, 0) is 18.2 Å². The van der Waals surface area contributed by atoms with Crippen molar-refractivity contribution in [3.63, 3.8) is 0 Å². The van der Waals surface area contributed by atoms with Gasteiger partial charge in [0, 0.05) is 57.7 Å². The third kappa shape index (κ3) is 4.49. The highest BCUT2D eigenvalue weighted by atomic mass is 16.5. The monoisotopic (exact) mass is 461 g/mol. The highest BCUT2D eigenvalue weighted by Crippen LogP contribution is 2.20. The minimum atomic E-state index is -0.600. The maximum Gasteiger partial charge on any atom is 0.255 e. The van der Waals surface area contributed by atoms with Crippen LogP contribution in [0.3, 0.4) is 0 Å². The second kappa shape index (κ2) is 9.60. The van der Waals surface area contributed by atoms with Gasteiger partial charge in [0.1, 0.15) is 6.33 Å². The van der Waals surface area contributed by atoms with E-state index in [4.69, 9.17) is 4.74 Å². The summed E-state index contributed by atoms with van der Waals surface area (Å²) in [4.78, 5) is 44.8. The molecule has 0 N–H and O–H groups in total. The average molecular weight is 462 g/mol. The van der Waals surface area contributed by atoms with Crippen molar-refractivity contribution in [3.05, 3.63) is 65.3 Å². The van der Waals surface area contributed by atoms with Crippen molar-refractivity contribution < 1.29 is 9.53 Å². The lowest BCUT2D eigenvalue weighted by Gasteiger charge is -2.40. The lowest BCUT2D eigenvalue weighted by Crippen LogP contribution is -2.56. The predicted molar refractivity (Wildman–Crippen MR) is 128 cm³/mol. The Morgan fingerprint density at radius 1 is 1.00 bits per heavy atom. The van der Waals surface area contributed by atoms with Gasteiger partial charge in [0.25, 0.3) is 11.5 Å². The molecule has 2 aliphatic heterocycles. The van der Waals surface area contributed by atoms with Gasteiger partial charge in [-0.1, -0.05) is 18.2 Å². The van der Waals surface area contributed by atoms with Gasteiger partial charge in [0.2, 0.25) is 5.95 Å². The molecule has 34 heavy (non-hydrogen) atoms. The van der Waals surface area contributed by atoms with Crippen LogP contribution in [0.15, 0.2) is 59.8 Å². The molecule has 176 valence electrons. The van der Waals surface area contributed by atoms with E-state index in [9.17, 15) is 9.59 Å².